The minimum atomic E-state index is -4.47. The van der Waals surface area contributed by atoms with Crippen molar-refractivity contribution in [2.24, 2.45) is 0 Å². The summed E-state index contributed by atoms with van der Waals surface area (Å²) in [7, 11) is 1.18. The molecule has 0 saturated carbocycles. The van der Waals surface area contributed by atoms with Crippen LogP contribution in [0.5, 0.6) is 0 Å². The molecule has 3 aromatic rings. The summed E-state index contributed by atoms with van der Waals surface area (Å²) in [6, 6.07) is 8.52. The Morgan fingerprint density at radius 1 is 1.15 bits per heavy atom. The van der Waals surface area contributed by atoms with Gasteiger partial charge in [0.15, 0.2) is 5.65 Å². The van der Waals surface area contributed by atoms with Crippen LogP contribution in [-0.2, 0) is 17.5 Å². The maximum absolute atomic E-state index is 13.1. The molecule has 0 amide bonds. The summed E-state index contributed by atoms with van der Waals surface area (Å²) < 4.78 is 44.0. The third-order valence-electron chi connectivity index (χ3n) is 3.61. The Bertz CT molecular complexity index is 960. The van der Waals surface area contributed by atoms with E-state index in [1.165, 1.54) is 31.5 Å². The molecule has 3 rings (SSSR count). The molecule has 2 aromatic heterocycles. The van der Waals surface area contributed by atoms with Gasteiger partial charge in [0, 0.05) is 12.7 Å². The SMILES string of the molecule is COC(=O)c1nc(NCc2ccccc2C(F)(F)F)c2cccnc2n1. The summed E-state index contributed by atoms with van der Waals surface area (Å²) in [4.78, 5) is 23.8. The lowest BCUT2D eigenvalue weighted by Crippen LogP contribution is -2.14. The lowest BCUT2D eigenvalue weighted by atomic mass is 10.1. The number of esters is 1. The average molecular weight is 362 g/mol. The van der Waals surface area contributed by atoms with Gasteiger partial charge in [-0.1, -0.05) is 18.2 Å². The molecule has 0 aliphatic carbocycles. The van der Waals surface area contributed by atoms with Crippen LogP contribution in [0, 0.1) is 0 Å². The summed E-state index contributed by atoms with van der Waals surface area (Å²) in [5.74, 6) is -0.804. The van der Waals surface area contributed by atoms with Crippen LogP contribution in [0.25, 0.3) is 11.0 Å². The first kappa shape index (κ1) is 17.6. The van der Waals surface area contributed by atoms with Crippen molar-refractivity contribution >= 4 is 22.8 Å². The van der Waals surface area contributed by atoms with Crippen LogP contribution >= 0.6 is 0 Å². The van der Waals surface area contributed by atoms with E-state index in [2.05, 4.69) is 25.0 Å². The number of rotatable bonds is 4. The molecule has 0 aliphatic heterocycles. The summed E-state index contributed by atoms with van der Waals surface area (Å²) in [6.07, 6.45) is -2.98. The summed E-state index contributed by atoms with van der Waals surface area (Å²) >= 11 is 0. The van der Waals surface area contributed by atoms with E-state index in [0.717, 1.165) is 6.07 Å². The Labute approximate surface area is 146 Å². The highest BCUT2D eigenvalue weighted by Gasteiger charge is 2.32. The van der Waals surface area contributed by atoms with E-state index in [1.807, 2.05) is 0 Å². The highest BCUT2D eigenvalue weighted by molar-refractivity contribution is 5.92. The topological polar surface area (TPSA) is 77.0 Å². The number of nitrogens with one attached hydrogen (secondary N) is 1. The van der Waals surface area contributed by atoms with Crippen molar-refractivity contribution in [3.63, 3.8) is 0 Å². The van der Waals surface area contributed by atoms with Gasteiger partial charge in [0.1, 0.15) is 5.82 Å². The molecule has 0 radical (unpaired) electrons. The molecule has 0 saturated heterocycles. The predicted octanol–water partition coefficient (Wildman–Crippen LogP) is 3.44. The van der Waals surface area contributed by atoms with Gasteiger partial charge >= 0.3 is 12.1 Å². The van der Waals surface area contributed by atoms with Crippen LogP contribution in [0.2, 0.25) is 0 Å². The zero-order valence-electron chi connectivity index (χ0n) is 13.5. The fraction of sp³-hybridized carbons (Fsp3) is 0.176. The molecular weight excluding hydrogens is 349 g/mol. The van der Waals surface area contributed by atoms with Crippen molar-refractivity contribution in [3.05, 3.63) is 59.5 Å². The van der Waals surface area contributed by atoms with Gasteiger partial charge in [-0.25, -0.2) is 19.7 Å². The number of anilines is 1. The Morgan fingerprint density at radius 2 is 1.92 bits per heavy atom. The van der Waals surface area contributed by atoms with E-state index in [-0.39, 0.29) is 29.4 Å². The van der Waals surface area contributed by atoms with Gasteiger partial charge in [-0.15, -0.1) is 0 Å². The Hall–Kier alpha value is -3.23. The normalized spacial score (nSPS) is 11.4. The van der Waals surface area contributed by atoms with E-state index in [9.17, 15) is 18.0 Å². The highest BCUT2D eigenvalue weighted by Crippen LogP contribution is 2.32. The number of halogens is 3. The number of alkyl halides is 3. The van der Waals surface area contributed by atoms with Crippen molar-refractivity contribution < 1.29 is 22.7 Å². The first-order valence-corrected chi connectivity index (χ1v) is 7.50. The Morgan fingerprint density at radius 3 is 2.65 bits per heavy atom. The fourth-order valence-electron chi connectivity index (χ4n) is 2.41. The summed E-state index contributed by atoms with van der Waals surface area (Å²) in [5.41, 5.74) is -0.457. The van der Waals surface area contributed by atoms with Crippen molar-refractivity contribution in [1.29, 1.82) is 0 Å². The molecule has 6 nitrogen and oxygen atoms in total. The second-order valence-corrected chi connectivity index (χ2v) is 5.27. The summed E-state index contributed by atoms with van der Waals surface area (Å²) in [6.45, 7) is -0.142. The van der Waals surface area contributed by atoms with E-state index in [1.54, 1.807) is 12.1 Å². The molecule has 0 bridgehead atoms. The molecule has 1 N–H and O–H groups in total. The Kier molecular flexibility index (Phi) is 4.70. The lowest BCUT2D eigenvalue weighted by Gasteiger charge is -2.14. The minimum Gasteiger partial charge on any atom is -0.463 e. The largest absolute Gasteiger partial charge is 0.463 e. The predicted molar refractivity (Wildman–Crippen MR) is 87.4 cm³/mol. The number of ether oxygens (including phenoxy) is 1. The average Bonchev–Trinajstić information content (AvgIpc) is 2.64. The standard InChI is InChI=1S/C17H13F3N4O2/c1-26-16(25)15-23-13-11(6-4-8-21-13)14(24-15)22-9-10-5-2-3-7-12(10)17(18,19)20/h2-8H,9H2,1H3,(H,21,22,23,24). The fourth-order valence-corrected chi connectivity index (χ4v) is 2.41. The van der Waals surface area contributed by atoms with Crippen LogP contribution < -0.4 is 5.32 Å². The monoisotopic (exact) mass is 362 g/mol. The number of fused-ring (bicyclic) bond motifs is 1. The molecule has 0 spiro atoms. The molecule has 0 fully saturated rings. The number of pyridine rings is 1. The van der Waals surface area contributed by atoms with E-state index < -0.39 is 17.7 Å². The molecular formula is C17H13F3N4O2. The van der Waals surface area contributed by atoms with Gasteiger partial charge in [-0.05, 0) is 23.8 Å². The second kappa shape index (κ2) is 6.95. The van der Waals surface area contributed by atoms with Gasteiger partial charge in [0.25, 0.3) is 0 Å². The smallest absolute Gasteiger partial charge is 0.416 e. The minimum absolute atomic E-state index is 0.0512. The molecule has 134 valence electrons. The van der Waals surface area contributed by atoms with E-state index in [0.29, 0.717) is 5.39 Å². The number of nitrogens with zero attached hydrogens (tertiary/aromatic N) is 3. The van der Waals surface area contributed by atoms with Crippen LogP contribution in [0.3, 0.4) is 0 Å². The number of hydrogen-bond donors (Lipinski definition) is 1. The molecule has 26 heavy (non-hydrogen) atoms. The molecule has 2 heterocycles. The van der Waals surface area contributed by atoms with Gasteiger partial charge in [0.05, 0.1) is 18.1 Å². The van der Waals surface area contributed by atoms with Crippen molar-refractivity contribution in [3.8, 4) is 0 Å². The molecule has 9 heteroatoms. The molecule has 0 unspecified atom stereocenters. The van der Waals surface area contributed by atoms with Crippen LogP contribution in [0.15, 0.2) is 42.6 Å². The molecule has 0 aliphatic rings. The zero-order chi connectivity index (χ0) is 18.7. The van der Waals surface area contributed by atoms with Crippen molar-refractivity contribution in [1.82, 2.24) is 15.0 Å². The van der Waals surface area contributed by atoms with Gasteiger partial charge < -0.3 is 10.1 Å². The number of hydrogen-bond acceptors (Lipinski definition) is 6. The Balaban J connectivity index is 1.98. The maximum Gasteiger partial charge on any atom is 0.416 e. The second-order valence-electron chi connectivity index (χ2n) is 5.27. The lowest BCUT2D eigenvalue weighted by molar-refractivity contribution is -0.138. The number of benzene rings is 1. The summed E-state index contributed by atoms with van der Waals surface area (Å²) in [5, 5.41) is 3.31. The zero-order valence-corrected chi connectivity index (χ0v) is 13.5. The molecule has 0 atom stereocenters. The highest BCUT2D eigenvalue weighted by atomic mass is 19.4. The maximum atomic E-state index is 13.1. The first-order chi connectivity index (χ1) is 12.4. The number of carbonyl (C=O) groups excluding carboxylic acids is 1. The first-order valence-electron chi connectivity index (χ1n) is 7.50. The number of methoxy groups -OCH3 is 1. The third kappa shape index (κ3) is 3.56. The van der Waals surface area contributed by atoms with Crippen molar-refractivity contribution in [2.45, 2.75) is 12.7 Å². The van der Waals surface area contributed by atoms with Crippen molar-refractivity contribution in [2.75, 3.05) is 12.4 Å². The number of carbonyl (C=O) groups is 1. The van der Waals surface area contributed by atoms with E-state index in [4.69, 9.17) is 0 Å². The van der Waals surface area contributed by atoms with E-state index >= 15 is 0 Å². The molecule has 1 aromatic carbocycles. The third-order valence-corrected chi connectivity index (χ3v) is 3.61. The van der Waals surface area contributed by atoms with Gasteiger partial charge in [-0.2, -0.15) is 13.2 Å². The van der Waals surface area contributed by atoms with Crippen LogP contribution in [-0.4, -0.2) is 28.0 Å². The number of aromatic nitrogens is 3. The van der Waals surface area contributed by atoms with Crippen LogP contribution in [0.4, 0.5) is 19.0 Å². The van der Waals surface area contributed by atoms with Crippen LogP contribution in [0.1, 0.15) is 21.7 Å². The van der Waals surface area contributed by atoms with Gasteiger partial charge in [-0.3, -0.25) is 0 Å². The quantitative estimate of drug-likeness (QED) is 0.717. The van der Waals surface area contributed by atoms with Gasteiger partial charge in [0.2, 0.25) is 5.82 Å².